The number of rotatable bonds is 5. The van der Waals surface area contributed by atoms with Crippen LogP contribution in [0.5, 0.6) is 11.5 Å². The van der Waals surface area contributed by atoms with Gasteiger partial charge in [-0.1, -0.05) is 28.1 Å². The van der Waals surface area contributed by atoms with E-state index in [0.717, 1.165) is 10.0 Å². The Morgan fingerprint density at radius 1 is 1.20 bits per heavy atom. The minimum Gasteiger partial charge on any atom is -0.493 e. The molecule has 0 fully saturated rings. The second kappa shape index (κ2) is 6.38. The zero-order chi connectivity index (χ0) is 14.5. The van der Waals surface area contributed by atoms with Crippen molar-refractivity contribution in [3.63, 3.8) is 0 Å². The zero-order valence-electron chi connectivity index (χ0n) is 10.7. The number of methoxy groups -OCH3 is 1. The predicted molar refractivity (Wildman–Crippen MR) is 78.1 cm³/mol. The third-order valence-corrected chi connectivity index (χ3v) is 3.13. The summed E-state index contributed by atoms with van der Waals surface area (Å²) in [4.78, 5) is 10.2. The van der Waals surface area contributed by atoms with Gasteiger partial charge < -0.3 is 9.47 Å². The molecule has 0 aliphatic rings. The highest BCUT2D eigenvalue weighted by Gasteiger charge is 2.12. The molecule has 20 heavy (non-hydrogen) atoms. The van der Waals surface area contributed by atoms with Gasteiger partial charge in [0.2, 0.25) is 0 Å². The molecule has 0 N–H and O–H groups in total. The number of nitro groups is 1. The second-order valence-corrected chi connectivity index (χ2v) is 4.93. The summed E-state index contributed by atoms with van der Waals surface area (Å²) < 4.78 is 11.7. The van der Waals surface area contributed by atoms with E-state index in [1.54, 1.807) is 0 Å². The Kier molecular flexibility index (Phi) is 4.57. The molecule has 5 nitrogen and oxygen atoms in total. The van der Waals surface area contributed by atoms with Crippen LogP contribution in [-0.4, -0.2) is 12.0 Å². The minimum atomic E-state index is -0.472. The number of nitrogens with zero attached hydrogens (tertiary/aromatic N) is 1. The van der Waals surface area contributed by atoms with Crippen molar-refractivity contribution in [2.45, 2.75) is 6.61 Å². The lowest BCUT2D eigenvalue weighted by atomic mass is 10.2. The van der Waals surface area contributed by atoms with Crippen LogP contribution in [0.1, 0.15) is 5.56 Å². The number of non-ortho nitro benzene ring substituents is 1. The maximum Gasteiger partial charge on any atom is 0.273 e. The Labute approximate surface area is 124 Å². The molecule has 2 aromatic carbocycles. The Bertz CT molecular complexity index is 630. The van der Waals surface area contributed by atoms with Crippen LogP contribution in [0.4, 0.5) is 5.69 Å². The monoisotopic (exact) mass is 337 g/mol. The van der Waals surface area contributed by atoms with E-state index in [-0.39, 0.29) is 5.69 Å². The first-order chi connectivity index (χ1) is 9.60. The Morgan fingerprint density at radius 2 is 2.00 bits per heavy atom. The Morgan fingerprint density at radius 3 is 2.65 bits per heavy atom. The summed E-state index contributed by atoms with van der Waals surface area (Å²) in [6.07, 6.45) is 0. The molecular formula is C14H12BrNO4. The highest BCUT2D eigenvalue weighted by molar-refractivity contribution is 9.10. The van der Waals surface area contributed by atoms with E-state index in [0.29, 0.717) is 18.1 Å². The smallest absolute Gasteiger partial charge is 0.273 e. The first-order valence-corrected chi connectivity index (χ1v) is 6.59. The van der Waals surface area contributed by atoms with E-state index in [1.165, 1.54) is 25.3 Å². The van der Waals surface area contributed by atoms with Crippen LogP contribution < -0.4 is 9.47 Å². The van der Waals surface area contributed by atoms with Crippen molar-refractivity contribution in [2.75, 3.05) is 7.11 Å². The summed E-state index contributed by atoms with van der Waals surface area (Å²) in [7, 11) is 1.45. The van der Waals surface area contributed by atoms with Gasteiger partial charge in [-0.3, -0.25) is 10.1 Å². The van der Waals surface area contributed by atoms with Crippen LogP contribution >= 0.6 is 15.9 Å². The largest absolute Gasteiger partial charge is 0.493 e. The molecule has 0 atom stereocenters. The highest BCUT2D eigenvalue weighted by Crippen LogP contribution is 2.31. The average molecular weight is 338 g/mol. The van der Waals surface area contributed by atoms with Crippen LogP contribution in [0, 0.1) is 10.1 Å². The second-order valence-electron chi connectivity index (χ2n) is 4.01. The summed E-state index contributed by atoms with van der Waals surface area (Å²) >= 11 is 3.39. The lowest BCUT2D eigenvalue weighted by Crippen LogP contribution is -1.98. The fraction of sp³-hybridized carbons (Fsp3) is 0.143. The molecule has 104 valence electrons. The molecule has 0 amide bonds. The van der Waals surface area contributed by atoms with Crippen molar-refractivity contribution in [3.05, 3.63) is 62.6 Å². The van der Waals surface area contributed by atoms with Gasteiger partial charge in [-0.15, -0.1) is 0 Å². The first kappa shape index (κ1) is 14.3. The standard InChI is InChI=1S/C14H12BrNO4/c1-19-14-8-12(16(17)18)5-6-13(14)20-9-10-3-2-4-11(15)7-10/h2-8H,9H2,1H3. The molecule has 0 saturated heterocycles. The van der Waals surface area contributed by atoms with Gasteiger partial charge in [-0.2, -0.15) is 0 Å². The van der Waals surface area contributed by atoms with Crippen molar-refractivity contribution in [1.29, 1.82) is 0 Å². The van der Waals surface area contributed by atoms with Gasteiger partial charge in [0.05, 0.1) is 18.1 Å². The fourth-order valence-electron chi connectivity index (χ4n) is 1.68. The summed E-state index contributed by atoms with van der Waals surface area (Å²) in [6.45, 7) is 0.355. The SMILES string of the molecule is COc1cc([N+](=O)[O-])ccc1OCc1cccc(Br)c1. The lowest BCUT2D eigenvalue weighted by Gasteiger charge is -2.10. The molecule has 0 unspecified atom stereocenters. The molecule has 0 bridgehead atoms. The number of hydrogen-bond donors (Lipinski definition) is 0. The molecular weight excluding hydrogens is 326 g/mol. The number of benzene rings is 2. The molecule has 0 radical (unpaired) electrons. The van der Waals surface area contributed by atoms with Crippen molar-refractivity contribution in [2.24, 2.45) is 0 Å². The summed E-state index contributed by atoms with van der Waals surface area (Å²) in [6, 6.07) is 12.0. The van der Waals surface area contributed by atoms with Gasteiger partial charge in [-0.25, -0.2) is 0 Å². The molecule has 0 aliphatic heterocycles. The number of ether oxygens (including phenoxy) is 2. The number of halogens is 1. The third kappa shape index (κ3) is 3.48. The minimum absolute atomic E-state index is 0.0309. The third-order valence-electron chi connectivity index (χ3n) is 2.64. The van der Waals surface area contributed by atoms with Crippen LogP contribution in [0.3, 0.4) is 0 Å². The van der Waals surface area contributed by atoms with Crippen molar-refractivity contribution in [3.8, 4) is 11.5 Å². The summed E-state index contributed by atoms with van der Waals surface area (Å²) in [5.74, 6) is 0.812. The molecule has 0 saturated carbocycles. The molecule has 0 spiro atoms. The normalized spacial score (nSPS) is 10.1. The van der Waals surface area contributed by atoms with E-state index in [4.69, 9.17) is 9.47 Å². The zero-order valence-corrected chi connectivity index (χ0v) is 12.3. The Hall–Kier alpha value is -2.08. The summed E-state index contributed by atoms with van der Waals surface area (Å²) in [5, 5.41) is 10.7. The maximum atomic E-state index is 10.7. The van der Waals surface area contributed by atoms with E-state index < -0.39 is 4.92 Å². The molecule has 6 heteroatoms. The molecule has 2 aromatic rings. The van der Waals surface area contributed by atoms with Crippen LogP contribution in [0.15, 0.2) is 46.9 Å². The predicted octanol–water partition coefficient (Wildman–Crippen LogP) is 3.94. The van der Waals surface area contributed by atoms with Crippen molar-refractivity contribution in [1.82, 2.24) is 0 Å². The topological polar surface area (TPSA) is 61.6 Å². The van der Waals surface area contributed by atoms with E-state index in [2.05, 4.69) is 15.9 Å². The maximum absolute atomic E-state index is 10.7. The first-order valence-electron chi connectivity index (χ1n) is 5.80. The number of hydrogen-bond acceptors (Lipinski definition) is 4. The van der Waals surface area contributed by atoms with Crippen LogP contribution in [0.25, 0.3) is 0 Å². The van der Waals surface area contributed by atoms with E-state index in [1.807, 2.05) is 24.3 Å². The van der Waals surface area contributed by atoms with Crippen molar-refractivity contribution >= 4 is 21.6 Å². The molecule has 0 heterocycles. The van der Waals surface area contributed by atoms with Gasteiger partial charge in [-0.05, 0) is 23.8 Å². The quantitative estimate of drug-likeness (QED) is 0.612. The average Bonchev–Trinajstić information content (AvgIpc) is 2.45. The van der Waals surface area contributed by atoms with Gasteiger partial charge in [0.15, 0.2) is 11.5 Å². The lowest BCUT2D eigenvalue weighted by molar-refractivity contribution is -0.385. The van der Waals surface area contributed by atoms with Crippen LogP contribution in [0.2, 0.25) is 0 Å². The van der Waals surface area contributed by atoms with Gasteiger partial charge in [0.25, 0.3) is 5.69 Å². The Balaban J connectivity index is 2.15. The van der Waals surface area contributed by atoms with Crippen LogP contribution in [-0.2, 0) is 6.61 Å². The highest BCUT2D eigenvalue weighted by atomic mass is 79.9. The molecule has 0 aromatic heterocycles. The van der Waals surface area contributed by atoms with E-state index in [9.17, 15) is 10.1 Å². The molecule has 2 rings (SSSR count). The fourth-order valence-corrected chi connectivity index (χ4v) is 2.12. The summed E-state index contributed by atoms with van der Waals surface area (Å²) in [5.41, 5.74) is 0.955. The molecule has 0 aliphatic carbocycles. The van der Waals surface area contributed by atoms with E-state index >= 15 is 0 Å². The van der Waals surface area contributed by atoms with Gasteiger partial charge >= 0.3 is 0 Å². The number of nitro benzene ring substituents is 1. The van der Waals surface area contributed by atoms with Gasteiger partial charge in [0.1, 0.15) is 6.61 Å². The van der Waals surface area contributed by atoms with Gasteiger partial charge in [0, 0.05) is 10.5 Å². The van der Waals surface area contributed by atoms with Crippen molar-refractivity contribution < 1.29 is 14.4 Å².